The standard InChI is InChI=1S/C15H13BrN2O3/c16-14-11(7-9-21-14)15(19)18-8-3-5-12(17-20)10-4-1-2-6-13(10)18/h1-2,4,6-7,9,20H,3,5,8H2/b17-12-. The van der Waals surface area contributed by atoms with Crippen molar-refractivity contribution >= 4 is 33.2 Å². The Morgan fingerprint density at radius 1 is 1.33 bits per heavy atom. The van der Waals surface area contributed by atoms with Crippen molar-refractivity contribution in [1.82, 2.24) is 0 Å². The minimum absolute atomic E-state index is 0.137. The van der Waals surface area contributed by atoms with E-state index < -0.39 is 0 Å². The minimum Gasteiger partial charge on any atom is -0.457 e. The van der Waals surface area contributed by atoms with Crippen LogP contribution in [0.25, 0.3) is 0 Å². The van der Waals surface area contributed by atoms with Gasteiger partial charge in [-0.2, -0.15) is 0 Å². The number of amides is 1. The molecule has 0 spiro atoms. The fourth-order valence-corrected chi connectivity index (χ4v) is 2.93. The number of hydrogen-bond acceptors (Lipinski definition) is 4. The van der Waals surface area contributed by atoms with Crippen LogP contribution in [0.4, 0.5) is 5.69 Å². The Kier molecular flexibility index (Phi) is 3.79. The summed E-state index contributed by atoms with van der Waals surface area (Å²) >= 11 is 3.24. The first-order valence-electron chi connectivity index (χ1n) is 6.57. The number of rotatable bonds is 1. The van der Waals surface area contributed by atoms with Gasteiger partial charge in [-0.05, 0) is 40.9 Å². The number of furan rings is 1. The second-order valence-corrected chi connectivity index (χ2v) is 5.45. The summed E-state index contributed by atoms with van der Waals surface area (Å²) in [6.45, 7) is 0.562. The van der Waals surface area contributed by atoms with Gasteiger partial charge in [-0.1, -0.05) is 23.4 Å². The predicted octanol–water partition coefficient (Wildman–Crippen LogP) is 3.66. The van der Waals surface area contributed by atoms with Crippen LogP contribution in [-0.2, 0) is 0 Å². The Morgan fingerprint density at radius 3 is 2.86 bits per heavy atom. The van der Waals surface area contributed by atoms with Gasteiger partial charge in [0.05, 0.1) is 23.2 Å². The number of hydrogen-bond donors (Lipinski definition) is 1. The monoisotopic (exact) mass is 348 g/mol. The fourth-order valence-electron chi connectivity index (χ4n) is 2.52. The molecular weight excluding hydrogens is 336 g/mol. The average molecular weight is 349 g/mol. The number of oxime groups is 1. The summed E-state index contributed by atoms with van der Waals surface area (Å²) in [7, 11) is 0. The lowest BCUT2D eigenvalue weighted by Gasteiger charge is -2.22. The van der Waals surface area contributed by atoms with Gasteiger partial charge in [0.2, 0.25) is 0 Å². The van der Waals surface area contributed by atoms with Gasteiger partial charge >= 0.3 is 0 Å². The van der Waals surface area contributed by atoms with Gasteiger partial charge in [0.1, 0.15) is 0 Å². The molecule has 1 aromatic carbocycles. The highest BCUT2D eigenvalue weighted by Gasteiger charge is 2.26. The van der Waals surface area contributed by atoms with Crippen LogP contribution >= 0.6 is 15.9 Å². The SMILES string of the molecule is O=C(c1ccoc1Br)N1CCC/C(=N/O)c2ccccc21. The molecule has 5 nitrogen and oxygen atoms in total. The van der Waals surface area contributed by atoms with E-state index in [-0.39, 0.29) is 5.91 Å². The Bertz CT molecular complexity index is 708. The first kappa shape index (κ1) is 13.9. The van der Waals surface area contributed by atoms with Gasteiger partial charge in [-0.3, -0.25) is 4.79 Å². The minimum atomic E-state index is -0.137. The number of halogens is 1. The normalized spacial score (nSPS) is 16.6. The van der Waals surface area contributed by atoms with E-state index in [2.05, 4.69) is 21.1 Å². The molecule has 6 heteroatoms. The molecule has 0 saturated heterocycles. The summed E-state index contributed by atoms with van der Waals surface area (Å²) in [5.41, 5.74) is 2.62. The topological polar surface area (TPSA) is 66.0 Å². The van der Waals surface area contributed by atoms with E-state index in [4.69, 9.17) is 4.42 Å². The Hall–Kier alpha value is -2.08. The summed E-state index contributed by atoms with van der Waals surface area (Å²) in [5, 5.41) is 12.6. The number of carbonyl (C=O) groups is 1. The van der Waals surface area contributed by atoms with Crippen LogP contribution in [0.15, 0.2) is 50.8 Å². The molecule has 1 aliphatic rings. The molecular formula is C15H13BrN2O3. The lowest BCUT2D eigenvalue weighted by atomic mass is 10.1. The van der Waals surface area contributed by atoms with Crippen LogP contribution in [0.5, 0.6) is 0 Å². The van der Waals surface area contributed by atoms with Crippen molar-refractivity contribution in [2.24, 2.45) is 5.16 Å². The zero-order valence-corrected chi connectivity index (χ0v) is 12.7. The quantitative estimate of drug-likeness (QED) is 0.631. The van der Waals surface area contributed by atoms with E-state index in [0.717, 1.165) is 17.7 Å². The molecule has 0 saturated carbocycles. The van der Waals surface area contributed by atoms with Crippen molar-refractivity contribution in [1.29, 1.82) is 0 Å². The van der Waals surface area contributed by atoms with Gasteiger partial charge in [0, 0.05) is 12.1 Å². The smallest absolute Gasteiger partial charge is 0.262 e. The molecule has 0 atom stereocenters. The molecule has 0 unspecified atom stereocenters. The van der Waals surface area contributed by atoms with Gasteiger partial charge in [0.15, 0.2) is 4.67 Å². The summed E-state index contributed by atoms with van der Waals surface area (Å²) in [4.78, 5) is 14.4. The van der Waals surface area contributed by atoms with Gasteiger partial charge in [-0.15, -0.1) is 0 Å². The second kappa shape index (κ2) is 5.73. The number of benzene rings is 1. The molecule has 108 valence electrons. The molecule has 1 aromatic heterocycles. The summed E-state index contributed by atoms with van der Waals surface area (Å²) in [5.74, 6) is -0.137. The van der Waals surface area contributed by atoms with Gasteiger partial charge in [-0.25, -0.2) is 0 Å². The van der Waals surface area contributed by atoms with Crippen molar-refractivity contribution < 1.29 is 14.4 Å². The molecule has 1 amide bonds. The van der Waals surface area contributed by atoms with E-state index in [1.165, 1.54) is 6.26 Å². The summed E-state index contributed by atoms with van der Waals surface area (Å²) in [6, 6.07) is 9.09. The van der Waals surface area contributed by atoms with E-state index >= 15 is 0 Å². The third kappa shape index (κ3) is 2.47. The van der Waals surface area contributed by atoms with E-state index in [9.17, 15) is 10.0 Å². The largest absolute Gasteiger partial charge is 0.457 e. The van der Waals surface area contributed by atoms with Gasteiger partial charge < -0.3 is 14.5 Å². The molecule has 1 aliphatic heterocycles. The Labute approximate surface area is 130 Å². The first-order chi connectivity index (χ1) is 10.2. The average Bonchev–Trinajstić information content (AvgIpc) is 2.84. The molecule has 1 N–H and O–H groups in total. The zero-order chi connectivity index (χ0) is 14.8. The first-order valence-corrected chi connectivity index (χ1v) is 7.37. The number of para-hydroxylation sites is 1. The zero-order valence-electron chi connectivity index (χ0n) is 11.1. The van der Waals surface area contributed by atoms with Crippen LogP contribution in [0, 0.1) is 0 Å². The van der Waals surface area contributed by atoms with Crippen molar-refractivity contribution in [3.8, 4) is 0 Å². The van der Waals surface area contributed by atoms with E-state index in [0.29, 0.717) is 28.9 Å². The highest BCUT2D eigenvalue weighted by Crippen LogP contribution is 2.29. The Morgan fingerprint density at radius 2 is 2.14 bits per heavy atom. The maximum absolute atomic E-state index is 12.7. The molecule has 0 bridgehead atoms. The summed E-state index contributed by atoms with van der Waals surface area (Å²) < 4.78 is 5.56. The van der Waals surface area contributed by atoms with Crippen LogP contribution < -0.4 is 4.90 Å². The fraction of sp³-hybridized carbons (Fsp3) is 0.200. The van der Waals surface area contributed by atoms with E-state index in [1.54, 1.807) is 11.0 Å². The molecule has 21 heavy (non-hydrogen) atoms. The van der Waals surface area contributed by atoms with Crippen molar-refractivity contribution in [2.75, 3.05) is 11.4 Å². The molecule has 2 aromatic rings. The number of carbonyl (C=O) groups excluding carboxylic acids is 1. The van der Waals surface area contributed by atoms with Crippen LogP contribution in [0.2, 0.25) is 0 Å². The Balaban J connectivity index is 2.07. The molecule has 3 rings (SSSR count). The lowest BCUT2D eigenvalue weighted by molar-refractivity contribution is 0.0985. The van der Waals surface area contributed by atoms with Crippen molar-refractivity contribution in [3.63, 3.8) is 0 Å². The predicted molar refractivity (Wildman–Crippen MR) is 82.1 cm³/mol. The van der Waals surface area contributed by atoms with E-state index in [1.807, 2.05) is 24.3 Å². The number of fused-ring (bicyclic) bond motifs is 1. The molecule has 2 heterocycles. The van der Waals surface area contributed by atoms with Crippen molar-refractivity contribution in [2.45, 2.75) is 12.8 Å². The summed E-state index contributed by atoms with van der Waals surface area (Å²) in [6.07, 6.45) is 2.83. The highest BCUT2D eigenvalue weighted by molar-refractivity contribution is 9.10. The maximum atomic E-state index is 12.7. The molecule has 0 fully saturated rings. The lowest BCUT2D eigenvalue weighted by Crippen LogP contribution is -2.31. The third-order valence-corrected chi connectivity index (χ3v) is 4.13. The van der Waals surface area contributed by atoms with Crippen molar-refractivity contribution in [3.05, 3.63) is 52.4 Å². The third-order valence-electron chi connectivity index (χ3n) is 3.52. The highest BCUT2D eigenvalue weighted by atomic mass is 79.9. The van der Waals surface area contributed by atoms with Gasteiger partial charge in [0.25, 0.3) is 5.91 Å². The second-order valence-electron chi connectivity index (χ2n) is 4.73. The number of nitrogens with zero attached hydrogens (tertiary/aromatic N) is 2. The molecule has 0 aliphatic carbocycles. The maximum Gasteiger partial charge on any atom is 0.262 e. The van der Waals surface area contributed by atoms with Crippen LogP contribution in [-0.4, -0.2) is 23.4 Å². The molecule has 0 radical (unpaired) electrons. The van der Waals surface area contributed by atoms with Crippen LogP contribution in [0.3, 0.4) is 0 Å². The van der Waals surface area contributed by atoms with Crippen LogP contribution in [0.1, 0.15) is 28.8 Å². The number of anilines is 1.